The van der Waals surface area contributed by atoms with Crippen LogP contribution in [0.25, 0.3) is 0 Å². The number of halogens is 2. The van der Waals surface area contributed by atoms with Gasteiger partial charge in [-0.1, -0.05) is 29.3 Å². The topological polar surface area (TPSA) is 89.0 Å². The van der Waals surface area contributed by atoms with Crippen LogP contribution in [0.5, 0.6) is 11.5 Å². The molecule has 0 saturated carbocycles. The zero-order chi connectivity index (χ0) is 24.7. The number of hydrogen-bond acceptors (Lipinski definition) is 5. The lowest BCUT2D eigenvalue weighted by Crippen LogP contribution is -2.21. The van der Waals surface area contributed by atoms with Crippen LogP contribution in [0, 0.1) is 17.4 Å². The quantitative estimate of drug-likeness (QED) is 0.210. The molecule has 0 bridgehead atoms. The predicted octanol–water partition coefficient (Wildman–Crippen LogP) is 5.35. The van der Waals surface area contributed by atoms with Gasteiger partial charge in [-0.15, -0.1) is 0 Å². The van der Waals surface area contributed by atoms with E-state index in [2.05, 4.69) is 38.4 Å². The minimum Gasteiger partial charge on any atom is -0.493 e. The number of benzene rings is 3. The molecule has 0 fully saturated rings. The summed E-state index contributed by atoms with van der Waals surface area (Å²) in [6.07, 6.45) is 1.50. The maximum Gasteiger partial charge on any atom is 0.271 e. The zero-order valence-corrected chi connectivity index (χ0v) is 21.7. The average molecular weight is 592 g/mol. The Morgan fingerprint density at radius 2 is 1.82 bits per heavy atom. The summed E-state index contributed by atoms with van der Waals surface area (Å²) in [6.45, 7) is 3.76. The summed E-state index contributed by atoms with van der Waals surface area (Å²) < 4.78 is 11.9. The molecule has 3 rings (SSSR count). The molecule has 3 aromatic rings. The molecule has 0 aliphatic carbocycles. The van der Waals surface area contributed by atoms with Crippen LogP contribution in [0.2, 0.25) is 5.02 Å². The first kappa shape index (κ1) is 25.5. The van der Waals surface area contributed by atoms with Crippen LogP contribution < -0.4 is 20.2 Å². The summed E-state index contributed by atoms with van der Waals surface area (Å²) in [7, 11) is 1.51. The predicted molar refractivity (Wildman–Crippen MR) is 142 cm³/mol. The summed E-state index contributed by atoms with van der Waals surface area (Å²) in [5, 5.41) is 7.40. The number of carbonyl (C=O) groups is 2. The minimum absolute atomic E-state index is 0.176. The molecule has 7 nitrogen and oxygen atoms in total. The molecular formula is C25H23ClIN3O4. The molecule has 0 atom stereocenters. The van der Waals surface area contributed by atoms with E-state index in [0.29, 0.717) is 27.6 Å². The average Bonchev–Trinajstić information content (AvgIpc) is 2.80. The van der Waals surface area contributed by atoms with Gasteiger partial charge < -0.3 is 14.8 Å². The number of methoxy groups -OCH3 is 1. The molecule has 176 valence electrons. The van der Waals surface area contributed by atoms with Crippen molar-refractivity contribution in [2.75, 3.05) is 19.0 Å². The first-order valence-corrected chi connectivity index (χ1v) is 11.7. The number of nitrogens with one attached hydrogen (secondary N) is 2. The van der Waals surface area contributed by atoms with Crippen LogP contribution >= 0.6 is 34.2 Å². The third-order valence-electron chi connectivity index (χ3n) is 4.74. The lowest BCUT2D eigenvalue weighted by atomic mass is 10.1. The summed E-state index contributed by atoms with van der Waals surface area (Å²) in [4.78, 5) is 24.5. The highest BCUT2D eigenvalue weighted by Gasteiger charge is 2.14. The van der Waals surface area contributed by atoms with E-state index in [9.17, 15) is 9.59 Å². The fourth-order valence-corrected chi connectivity index (χ4v) is 3.97. The number of aryl methyl sites for hydroxylation is 2. The Balaban J connectivity index is 1.63. The Morgan fingerprint density at radius 1 is 1.09 bits per heavy atom. The standard InChI is InChI=1S/C25H23ClIN3O4/c1-15-4-9-21(16(2)10-15)29-23(31)14-34-24-20(27)11-17(12-22(24)33-3)13-28-30-25(32)18-5-7-19(26)8-6-18/h4-13H,14H2,1-3H3,(H,29,31)(H,30,32)/b28-13+. The normalized spacial score (nSPS) is 10.7. The molecule has 0 spiro atoms. The first-order chi connectivity index (χ1) is 16.3. The molecule has 0 saturated heterocycles. The monoisotopic (exact) mass is 591 g/mol. The van der Waals surface area contributed by atoms with Crippen LogP contribution in [0.4, 0.5) is 5.69 Å². The molecule has 0 radical (unpaired) electrons. The zero-order valence-electron chi connectivity index (χ0n) is 18.8. The third-order valence-corrected chi connectivity index (χ3v) is 5.79. The highest BCUT2D eigenvalue weighted by molar-refractivity contribution is 14.1. The molecule has 34 heavy (non-hydrogen) atoms. The SMILES string of the molecule is COc1cc(/C=N/NC(=O)c2ccc(Cl)cc2)cc(I)c1OCC(=O)Nc1ccc(C)cc1C. The molecule has 2 N–H and O–H groups in total. The summed E-state index contributed by atoms with van der Waals surface area (Å²) in [5.74, 6) is 0.252. The van der Waals surface area contributed by atoms with E-state index in [0.717, 1.165) is 20.4 Å². The molecule has 2 amide bonds. The van der Waals surface area contributed by atoms with Crippen molar-refractivity contribution in [3.8, 4) is 11.5 Å². The van der Waals surface area contributed by atoms with E-state index in [1.807, 2.05) is 32.0 Å². The molecule has 0 aromatic heterocycles. The van der Waals surface area contributed by atoms with Crippen molar-refractivity contribution in [3.63, 3.8) is 0 Å². The van der Waals surface area contributed by atoms with Crippen molar-refractivity contribution in [3.05, 3.63) is 85.4 Å². The van der Waals surface area contributed by atoms with Crippen LogP contribution in [0.1, 0.15) is 27.0 Å². The Morgan fingerprint density at radius 3 is 2.50 bits per heavy atom. The van der Waals surface area contributed by atoms with E-state index < -0.39 is 0 Å². The fourth-order valence-electron chi connectivity index (χ4n) is 3.06. The minimum atomic E-state index is -0.357. The highest BCUT2D eigenvalue weighted by Crippen LogP contribution is 2.33. The van der Waals surface area contributed by atoms with Gasteiger partial charge in [-0.25, -0.2) is 5.43 Å². The van der Waals surface area contributed by atoms with Gasteiger partial charge in [0.15, 0.2) is 18.1 Å². The van der Waals surface area contributed by atoms with E-state index in [-0.39, 0.29) is 18.4 Å². The van der Waals surface area contributed by atoms with Crippen molar-refractivity contribution < 1.29 is 19.1 Å². The highest BCUT2D eigenvalue weighted by atomic mass is 127. The molecule has 0 unspecified atom stereocenters. The Labute approximate surface area is 216 Å². The summed E-state index contributed by atoms with van der Waals surface area (Å²) in [6, 6.07) is 15.8. The lowest BCUT2D eigenvalue weighted by Gasteiger charge is -2.14. The maximum absolute atomic E-state index is 12.4. The van der Waals surface area contributed by atoms with Gasteiger partial charge in [0.1, 0.15) is 0 Å². The number of ether oxygens (including phenoxy) is 2. The molecule has 0 heterocycles. The Kier molecular flexibility index (Phi) is 8.89. The third kappa shape index (κ3) is 6.94. The van der Waals surface area contributed by atoms with Gasteiger partial charge >= 0.3 is 0 Å². The number of rotatable bonds is 8. The second kappa shape index (κ2) is 11.8. The van der Waals surface area contributed by atoms with Crippen molar-refractivity contribution in [1.82, 2.24) is 5.43 Å². The van der Waals surface area contributed by atoms with E-state index in [1.165, 1.54) is 13.3 Å². The van der Waals surface area contributed by atoms with E-state index in [1.54, 1.807) is 36.4 Å². The van der Waals surface area contributed by atoms with E-state index >= 15 is 0 Å². The second-order valence-corrected chi connectivity index (χ2v) is 8.99. The molecule has 0 aliphatic heterocycles. The van der Waals surface area contributed by atoms with Gasteiger partial charge in [0.25, 0.3) is 11.8 Å². The van der Waals surface area contributed by atoms with Crippen molar-refractivity contribution in [1.29, 1.82) is 0 Å². The first-order valence-electron chi connectivity index (χ1n) is 10.2. The molecule has 9 heteroatoms. The number of anilines is 1. The molecular weight excluding hydrogens is 569 g/mol. The van der Waals surface area contributed by atoms with Gasteiger partial charge in [-0.2, -0.15) is 5.10 Å². The Hall–Kier alpha value is -3.11. The largest absolute Gasteiger partial charge is 0.493 e. The van der Waals surface area contributed by atoms with Crippen LogP contribution in [-0.4, -0.2) is 31.7 Å². The van der Waals surface area contributed by atoms with Crippen LogP contribution in [0.15, 0.2) is 59.7 Å². The van der Waals surface area contributed by atoms with Gasteiger partial charge in [-0.3, -0.25) is 9.59 Å². The van der Waals surface area contributed by atoms with Gasteiger partial charge in [-0.05, 0) is 90.0 Å². The maximum atomic E-state index is 12.4. The number of carbonyl (C=O) groups excluding carboxylic acids is 2. The second-order valence-electron chi connectivity index (χ2n) is 7.40. The van der Waals surface area contributed by atoms with Crippen molar-refractivity contribution >= 4 is 57.9 Å². The van der Waals surface area contributed by atoms with Gasteiger partial charge in [0.05, 0.1) is 16.9 Å². The lowest BCUT2D eigenvalue weighted by molar-refractivity contribution is -0.118. The molecule has 3 aromatic carbocycles. The fraction of sp³-hybridized carbons (Fsp3) is 0.160. The summed E-state index contributed by atoms with van der Waals surface area (Å²) in [5.41, 5.74) is 6.44. The number of amides is 2. The number of hydrogen-bond donors (Lipinski definition) is 2. The Bertz CT molecular complexity index is 1230. The number of nitrogens with zero attached hydrogens (tertiary/aromatic N) is 1. The van der Waals surface area contributed by atoms with Crippen molar-refractivity contribution in [2.24, 2.45) is 5.10 Å². The van der Waals surface area contributed by atoms with Crippen LogP contribution in [-0.2, 0) is 4.79 Å². The summed E-state index contributed by atoms with van der Waals surface area (Å²) >= 11 is 7.93. The van der Waals surface area contributed by atoms with Gasteiger partial charge in [0, 0.05) is 16.3 Å². The van der Waals surface area contributed by atoms with Gasteiger partial charge in [0.2, 0.25) is 0 Å². The van der Waals surface area contributed by atoms with Crippen molar-refractivity contribution in [2.45, 2.75) is 13.8 Å². The van der Waals surface area contributed by atoms with Crippen LogP contribution in [0.3, 0.4) is 0 Å². The molecule has 0 aliphatic rings. The number of hydrazone groups is 1. The van der Waals surface area contributed by atoms with E-state index in [4.69, 9.17) is 21.1 Å². The smallest absolute Gasteiger partial charge is 0.271 e.